The van der Waals surface area contributed by atoms with Crippen LogP contribution in [0.3, 0.4) is 0 Å². The standard InChI is InChI=1S/C67H42N8/c1-3-4-19-52-43(2)74(60-25-10-7-21-54(52)60)63-34-32-50(38-58(63)48-17-13-15-45(36-48)41-69)65-71-66(73-67(72-65)57-24-6-5-20-53(57)47-30-28-44(40-68)29-31-47)51-33-35-64(59(39-51)49-18-14-16-46(37-49)42-70)75-61-26-11-8-22-55(61)56-23-9-12-27-62(56)75/h3-39H,1H2,2H3/b19-4-. The van der Waals surface area contributed by atoms with Gasteiger partial charge in [0.05, 0.1) is 62.8 Å². The number of rotatable bonds is 10. The van der Waals surface area contributed by atoms with Gasteiger partial charge >= 0.3 is 0 Å². The third-order valence-corrected chi connectivity index (χ3v) is 13.9. The second kappa shape index (κ2) is 19.1. The van der Waals surface area contributed by atoms with E-state index in [9.17, 15) is 15.8 Å². The molecule has 0 bridgehead atoms. The highest BCUT2D eigenvalue weighted by molar-refractivity contribution is 6.10. The predicted molar refractivity (Wildman–Crippen MR) is 302 cm³/mol. The zero-order valence-corrected chi connectivity index (χ0v) is 40.6. The van der Waals surface area contributed by atoms with Crippen LogP contribution in [-0.2, 0) is 0 Å². The summed E-state index contributed by atoms with van der Waals surface area (Å²) in [5.74, 6) is 1.34. The van der Waals surface area contributed by atoms with Gasteiger partial charge in [0.1, 0.15) is 0 Å². The Morgan fingerprint density at radius 2 is 0.867 bits per heavy atom. The van der Waals surface area contributed by atoms with Crippen LogP contribution in [0.2, 0.25) is 0 Å². The monoisotopic (exact) mass is 958 g/mol. The Kier molecular flexibility index (Phi) is 11.6. The lowest BCUT2D eigenvalue weighted by Crippen LogP contribution is -2.04. The molecule has 3 aromatic heterocycles. The summed E-state index contributed by atoms with van der Waals surface area (Å²) >= 11 is 0. The maximum Gasteiger partial charge on any atom is 0.164 e. The summed E-state index contributed by atoms with van der Waals surface area (Å²) in [4.78, 5) is 16.0. The summed E-state index contributed by atoms with van der Waals surface area (Å²) in [6, 6.07) is 75.6. The molecule has 0 spiro atoms. The van der Waals surface area contributed by atoms with Crippen molar-refractivity contribution in [3.63, 3.8) is 0 Å². The van der Waals surface area contributed by atoms with Gasteiger partial charge in [-0.05, 0) is 120 Å². The molecule has 0 aliphatic heterocycles. The first kappa shape index (κ1) is 45.4. The maximum absolute atomic E-state index is 10.2. The number of hydrogen-bond acceptors (Lipinski definition) is 6. The summed E-state index contributed by atoms with van der Waals surface area (Å²) in [7, 11) is 0. The van der Waals surface area contributed by atoms with Gasteiger partial charge in [-0.25, -0.2) is 15.0 Å². The molecule has 0 radical (unpaired) electrons. The van der Waals surface area contributed by atoms with Crippen molar-refractivity contribution >= 4 is 38.8 Å². The van der Waals surface area contributed by atoms with E-state index in [-0.39, 0.29) is 0 Å². The molecule has 0 N–H and O–H groups in total. The quantitative estimate of drug-likeness (QED) is 0.126. The number of para-hydroxylation sites is 3. The van der Waals surface area contributed by atoms with Gasteiger partial charge in [-0.1, -0.05) is 140 Å². The molecule has 0 aliphatic carbocycles. The highest BCUT2D eigenvalue weighted by Crippen LogP contribution is 2.41. The van der Waals surface area contributed by atoms with Gasteiger partial charge in [0.2, 0.25) is 0 Å². The molecule has 12 rings (SSSR count). The molecular weight excluding hydrogens is 917 g/mol. The van der Waals surface area contributed by atoms with Gasteiger partial charge in [-0.3, -0.25) is 0 Å². The fourth-order valence-corrected chi connectivity index (χ4v) is 10.4. The number of allylic oxidation sites excluding steroid dienone is 2. The van der Waals surface area contributed by atoms with Crippen molar-refractivity contribution < 1.29 is 0 Å². The predicted octanol–water partition coefficient (Wildman–Crippen LogP) is 16.0. The average Bonchev–Trinajstić information content (AvgIpc) is 3.96. The van der Waals surface area contributed by atoms with E-state index in [2.05, 4.69) is 150 Å². The highest BCUT2D eigenvalue weighted by atomic mass is 15.0. The molecule has 350 valence electrons. The van der Waals surface area contributed by atoms with Crippen molar-refractivity contribution in [2.24, 2.45) is 0 Å². The van der Waals surface area contributed by atoms with Crippen molar-refractivity contribution in [2.45, 2.75) is 6.92 Å². The first-order chi connectivity index (χ1) is 36.9. The van der Waals surface area contributed by atoms with Gasteiger partial charge in [0.25, 0.3) is 0 Å². The van der Waals surface area contributed by atoms with Crippen LogP contribution in [0.5, 0.6) is 0 Å². The summed E-state index contributed by atoms with van der Waals surface area (Å²) in [5, 5.41) is 33.4. The molecule has 0 aliphatic rings. The average molecular weight is 959 g/mol. The number of benzene rings is 9. The lowest BCUT2D eigenvalue weighted by molar-refractivity contribution is 1.05. The molecule has 75 heavy (non-hydrogen) atoms. The second-order valence-electron chi connectivity index (χ2n) is 18.2. The van der Waals surface area contributed by atoms with Gasteiger partial charge in [-0.2, -0.15) is 15.8 Å². The van der Waals surface area contributed by atoms with Crippen LogP contribution in [0.25, 0.3) is 118 Å². The zero-order chi connectivity index (χ0) is 51.0. The SMILES string of the molecule is C=C/C=C\c1c(C)n(-c2ccc(-c3nc(-c4ccc(-n5c6ccccc6c6ccccc65)c(-c5cccc(C#N)c5)c4)nc(-c4ccccc4-c4ccc(C#N)cc4)n3)cc2-c2cccc(C#N)c2)c2ccccc12. The van der Waals surface area contributed by atoms with E-state index in [1.807, 2.05) is 109 Å². The van der Waals surface area contributed by atoms with E-state index < -0.39 is 0 Å². The first-order valence-corrected chi connectivity index (χ1v) is 24.5. The maximum atomic E-state index is 10.2. The largest absolute Gasteiger partial charge is 0.313 e. The minimum absolute atomic E-state index is 0.442. The Morgan fingerprint density at radius 1 is 0.400 bits per heavy atom. The molecule has 0 saturated carbocycles. The highest BCUT2D eigenvalue weighted by Gasteiger charge is 2.23. The van der Waals surface area contributed by atoms with Crippen molar-refractivity contribution in [3.8, 4) is 97.1 Å². The van der Waals surface area contributed by atoms with Crippen LogP contribution in [0.1, 0.15) is 27.9 Å². The smallest absolute Gasteiger partial charge is 0.164 e. The molecule has 8 nitrogen and oxygen atoms in total. The topological polar surface area (TPSA) is 120 Å². The van der Waals surface area contributed by atoms with Crippen LogP contribution in [-0.4, -0.2) is 24.1 Å². The zero-order valence-electron chi connectivity index (χ0n) is 40.6. The normalized spacial score (nSPS) is 11.2. The van der Waals surface area contributed by atoms with Crippen molar-refractivity contribution in [3.05, 3.63) is 253 Å². The van der Waals surface area contributed by atoms with Gasteiger partial charge in [0, 0.05) is 55.2 Å². The van der Waals surface area contributed by atoms with E-state index in [4.69, 9.17) is 15.0 Å². The van der Waals surface area contributed by atoms with Gasteiger partial charge in [0.15, 0.2) is 17.5 Å². The summed E-state index contributed by atoms with van der Waals surface area (Å²) < 4.78 is 4.57. The number of nitrogens with zero attached hydrogens (tertiary/aromatic N) is 8. The molecule has 8 heteroatoms. The van der Waals surface area contributed by atoms with Crippen LogP contribution in [0, 0.1) is 40.9 Å². The third-order valence-electron chi connectivity index (χ3n) is 13.9. The fourth-order valence-electron chi connectivity index (χ4n) is 10.4. The van der Waals surface area contributed by atoms with Crippen molar-refractivity contribution in [1.29, 1.82) is 15.8 Å². The van der Waals surface area contributed by atoms with E-state index in [1.165, 1.54) is 0 Å². The molecular formula is C67H42N8. The van der Waals surface area contributed by atoms with Crippen molar-refractivity contribution in [1.82, 2.24) is 24.1 Å². The van der Waals surface area contributed by atoms with Gasteiger partial charge < -0.3 is 9.13 Å². The lowest BCUT2D eigenvalue weighted by atomic mass is 9.97. The lowest BCUT2D eigenvalue weighted by Gasteiger charge is -2.18. The van der Waals surface area contributed by atoms with Crippen LogP contribution >= 0.6 is 0 Å². The second-order valence-corrected chi connectivity index (χ2v) is 18.2. The molecule has 0 atom stereocenters. The Balaban J connectivity index is 1.12. The first-order valence-electron chi connectivity index (χ1n) is 24.5. The number of fused-ring (bicyclic) bond motifs is 4. The Hall–Kier alpha value is -10.7. The van der Waals surface area contributed by atoms with E-state index in [0.717, 1.165) is 105 Å². The van der Waals surface area contributed by atoms with Gasteiger partial charge in [-0.15, -0.1) is 0 Å². The third kappa shape index (κ3) is 8.10. The summed E-state index contributed by atoms with van der Waals surface area (Å²) in [6.45, 7) is 6.06. The number of hydrogen-bond donors (Lipinski definition) is 0. The minimum Gasteiger partial charge on any atom is -0.313 e. The Bertz CT molecular complexity index is 4380. The molecule has 12 aromatic rings. The fraction of sp³-hybridized carbons (Fsp3) is 0.0149. The molecule has 0 amide bonds. The number of aromatic nitrogens is 5. The summed E-state index contributed by atoms with van der Waals surface area (Å²) in [5.41, 5.74) is 16.3. The Labute approximate surface area is 433 Å². The summed E-state index contributed by atoms with van der Waals surface area (Å²) in [6.07, 6.45) is 5.84. The number of nitriles is 3. The van der Waals surface area contributed by atoms with Crippen LogP contribution < -0.4 is 0 Å². The molecule has 3 heterocycles. The van der Waals surface area contributed by atoms with E-state index in [1.54, 1.807) is 6.08 Å². The Morgan fingerprint density at radius 3 is 1.41 bits per heavy atom. The van der Waals surface area contributed by atoms with E-state index in [0.29, 0.717) is 34.2 Å². The minimum atomic E-state index is 0.442. The molecule has 0 saturated heterocycles. The molecule has 0 fully saturated rings. The molecule has 9 aromatic carbocycles. The van der Waals surface area contributed by atoms with E-state index >= 15 is 0 Å². The van der Waals surface area contributed by atoms with Crippen molar-refractivity contribution in [2.75, 3.05) is 0 Å². The van der Waals surface area contributed by atoms with Crippen LogP contribution in [0.4, 0.5) is 0 Å². The van der Waals surface area contributed by atoms with Crippen LogP contribution in [0.15, 0.2) is 225 Å². The molecule has 0 unspecified atom stereocenters.